The Bertz CT molecular complexity index is 424. The van der Waals surface area contributed by atoms with Gasteiger partial charge >= 0.3 is 7.32 Å². The van der Waals surface area contributed by atoms with Gasteiger partial charge < -0.3 is 14.0 Å². The van der Waals surface area contributed by atoms with E-state index in [0.29, 0.717) is 0 Å². The zero-order valence-electron chi connectivity index (χ0n) is 29.4. The van der Waals surface area contributed by atoms with Crippen LogP contribution >= 0.6 is 35.3 Å². The third-order valence-corrected chi connectivity index (χ3v) is 11.2. The molecule has 0 aromatic heterocycles. The molecule has 258 valence electrons. The highest BCUT2D eigenvalue weighted by Gasteiger charge is 2.20. The molecule has 0 saturated carbocycles. The zero-order chi connectivity index (χ0) is 31.2. The Morgan fingerprint density at radius 3 is 0.814 bits per heavy atom. The predicted octanol–water partition coefficient (Wildman–Crippen LogP) is 12.6. The molecule has 7 heteroatoms. The second-order valence-electron chi connectivity index (χ2n) is 12.2. The van der Waals surface area contributed by atoms with E-state index in [1.165, 1.54) is 169 Å². The van der Waals surface area contributed by atoms with Crippen molar-refractivity contribution in [3.05, 3.63) is 0 Å². The van der Waals surface area contributed by atoms with E-state index in [-0.39, 0.29) is 0 Å². The van der Waals surface area contributed by atoms with Crippen LogP contribution in [0.4, 0.5) is 0 Å². The lowest BCUT2D eigenvalue weighted by Crippen LogP contribution is -2.29. The summed E-state index contributed by atoms with van der Waals surface area (Å²) in [6, 6.07) is 0. The monoisotopic (exact) mass is 662 g/mol. The molecule has 0 saturated heterocycles. The average Bonchev–Trinajstić information content (AvgIpc) is 3.02. The molecule has 0 aromatic carbocycles. The molecule has 0 rings (SSSR count). The minimum Gasteiger partial charge on any atom is -0.386 e. The number of hydrogen-bond acceptors (Lipinski definition) is 6. The van der Waals surface area contributed by atoms with Crippen LogP contribution in [0, 0.1) is 0 Å². The Hall–Kier alpha value is 0.995. The summed E-state index contributed by atoms with van der Waals surface area (Å²) in [6.45, 7) is 9.09. The first-order valence-corrected chi connectivity index (χ1v) is 22.4. The Labute approximate surface area is 284 Å². The first-order valence-electron chi connectivity index (χ1n) is 18.9. The molecular formula is C36H75BO3S3. The fraction of sp³-hybridized carbons (Fsp3) is 1.00. The standard InChI is InChI=1S/C36H75BO3S3/c1-4-7-10-13-16-22-31-41-34-25-19-28-38-37(39-29-20-26-35-42-32-23-17-14-11-8-5-2)40-30-21-27-36-43-33-24-18-15-12-9-6-3/h4-36H2,1-3H3. The molecule has 43 heavy (non-hydrogen) atoms. The lowest BCUT2D eigenvalue weighted by atomic mass is 10.1. The largest absolute Gasteiger partial charge is 0.639 e. The summed E-state index contributed by atoms with van der Waals surface area (Å²) in [5, 5.41) is 0. The van der Waals surface area contributed by atoms with E-state index in [1.54, 1.807) is 0 Å². The van der Waals surface area contributed by atoms with Crippen molar-refractivity contribution in [2.45, 2.75) is 175 Å². The van der Waals surface area contributed by atoms with E-state index in [1.807, 2.05) is 0 Å². The molecule has 0 aliphatic rings. The van der Waals surface area contributed by atoms with Crippen molar-refractivity contribution in [2.24, 2.45) is 0 Å². The molecule has 0 aliphatic carbocycles. The first-order chi connectivity index (χ1) is 21.3. The highest BCUT2D eigenvalue weighted by Crippen LogP contribution is 2.14. The van der Waals surface area contributed by atoms with Crippen molar-refractivity contribution in [3.8, 4) is 0 Å². The normalized spacial score (nSPS) is 11.5. The Kier molecular flexibility index (Phi) is 42.0. The molecule has 0 spiro atoms. The summed E-state index contributed by atoms with van der Waals surface area (Å²) in [5.41, 5.74) is 0. The molecule has 0 bridgehead atoms. The van der Waals surface area contributed by atoms with Crippen LogP contribution in [-0.2, 0) is 14.0 Å². The second-order valence-corrected chi connectivity index (χ2v) is 15.8. The first kappa shape index (κ1) is 44.0. The average molecular weight is 663 g/mol. The Balaban J connectivity index is 3.90. The van der Waals surface area contributed by atoms with Gasteiger partial charge in [0.1, 0.15) is 0 Å². The van der Waals surface area contributed by atoms with Crippen molar-refractivity contribution < 1.29 is 14.0 Å². The third kappa shape index (κ3) is 39.1. The molecule has 0 unspecified atom stereocenters. The zero-order valence-corrected chi connectivity index (χ0v) is 31.8. The maximum Gasteiger partial charge on any atom is 0.639 e. The van der Waals surface area contributed by atoms with Gasteiger partial charge in [0.15, 0.2) is 0 Å². The van der Waals surface area contributed by atoms with Crippen LogP contribution < -0.4 is 0 Å². The van der Waals surface area contributed by atoms with Crippen LogP contribution in [0.3, 0.4) is 0 Å². The SMILES string of the molecule is CCCCCCCCSCCCCOB(OCCCCSCCCCCCCC)OCCCCSCCCCCCCC. The fourth-order valence-electron chi connectivity index (χ4n) is 4.86. The summed E-state index contributed by atoms with van der Waals surface area (Å²) >= 11 is 6.34. The van der Waals surface area contributed by atoms with Gasteiger partial charge in [0, 0.05) is 19.8 Å². The summed E-state index contributed by atoms with van der Waals surface area (Å²) < 4.78 is 18.2. The van der Waals surface area contributed by atoms with Crippen molar-refractivity contribution in [1.82, 2.24) is 0 Å². The Morgan fingerprint density at radius 2 is 0.535 bits per heavy atom. The van der Waals surface area contributed by atoms with Crippen LogP contribution in [0.25, 0.3) is 0 Å². The van der Waals surface area contributed by atoms with Gasteiger partial charge in [-0.25, -0.2) is 0 Å². The van der Waals surface area contributed by atoms with Crippen LogP contribution in [0.5, 0.6) is 0 Å². The smallest absolute Gasteiger partial charge is 0.386 e. The summed E-state index contributed by atoms with van der Waals surface area (Å²) in [5.74, 6) is 7.69. The fourth-order valence-corrected chi connectivity index (χ4v) is 7.92. The van der Waals surface area contributed by atoms with Crippen molar-refractivity contribution in [3.63, 3.8) is 0 Å². The molecule has 0 amide bonds. The maximum atomic E-state index is 6.06. The van der Waals surface area contributed by atoms with Gasteiger partial charge in [0.25, 0.3) is 0 Å². The van der Waals surface area contributed by atoms with E-state index >= 15 is 0 Å². The molecule has 0 radical (unpaired) electrons. The van der Waals surface area contributed by atoms with Gasteiger partial charge in [-0.05, 0) is 92.3 Å². The second kappa shape index (κ2) is 41.0. The number of unbranched alkanes of at least 4 members (excludes halogenated alkanes) is 18. The minimum atomic E-state index is -0.484. The maximum absolute atomic E-state index is 6.06. The highest BCUT2D eigenvalue weighted by atomic mass is 32.2. The third-order valence-electron chi connectivity index (χ3n) is 7.74. The molecule has 3 nitrogen and oxygen atoms in total. The van der Waals surface area contributed by atoms with Crippen LogP contribution in [0.15, 0.2) is 0 Å². The highest BCUT2D eigenvalue weighted by molar-refractivity contribution is 7.99. The number of hydrogen-bond donors (Lipinski definition) is 0. The van der Waals surface area contributed by atoms with Gasteiger partial charge in [-0.2, -0.15) is 35.3 Å². The molecule has 0 aromatic rings. The molecule has 0 atom stereocenters. The van der Waals surface area contributed by atoms with Gasteiger partial charge in [-0.15, -0.1) is 0 Å². The quantitative estimate of drug-likeness (QED) is 0.0480. The minimum absolute atomic E-state index is 0.484. The van der Waals surface area contributed by atoms with Crippen LogP contribution in [0.2, 0.25) is 0 Å². The number of rotatable bonds is 39. The van der Waals surface area contributed by atoms with E-state index in [9.17, 15) is 0 Å². The molecular weight excluding hydrogens is 587 g/mol. The molecule has 0 fully saturated rings. The van der Waals surface area contributed by atoms with Gasteiger partial charge in [-0.3, -0.25) is 0 Å². The van der Waals surface area contributed by atoms with Crippen molar-refractivity contribution >= 4 is 42.6 Å². The van der Waals surface area contributed by atoms with Gasteiger partial charge in [0.05, 0.1) is 0 Å². The van der Waals surface area contributed by atoms with Crippen LogP contribution in [-0.4, -0.2) is 61.7 Å². The summed E-state index contributed by atoms with van der Waals surface area (Å²) in [4.78, 5) is 0. The topological polar surface area (TPSA) is 27.7 Å². The van der Waals surface area contributed by atoms with Gasteiger partial charge in [0.2, 0.25) is 0 Å². The lowest BCUT2D eigenvalue weighted by molar-refractivity contribution is 0.0900. The van der Waals surface area contributed by atoms with E-state index < -0.39 is 7.32 Å². The predicted molar refractivity (Wildman–Crippen MR) is 203 cm³/mol. The van der Waals surface area contributed by atoms with E-state index in [0.717, 1.165) is 39.1 Å². The van der Waals surface area contributed by atoms with Crippen molar-refractivity contribution in [1.29, 1.82) is 0 Å². The number of thioether (sulfide) groups is 3. The summed E-state index contributed by atoms with van der Waals surface area (Å²) in [7, 11) is -0.484. The molecule has 0 heterocycles. The van der Waals surface area contributed by atoms with Crippen LogP contribution in [0.1, 0.15) is 175 Å². The Morgan fingerprint density at radius 1 is 0.302 bits per heavy atom. The van der Waals surface area contributed by atoms with E-state index in [4.69, 9.17) is 14.0 Å². The summed E-state index contributed by atoms with van der Waals surface area (Å²) in [6.07, 6.45) is 32.0. The molecule has 0 aliphatic heterocycles. The molecule has 0 N–H and O–H groups in total. The van der Waals surface area contributed by atoms with Gasteiger partial charge in [-0.1, -0.05) is 117 Å². The van der Waals surface area contributed by atoms with Crippen molar-refractivity contribution in [2.75, 3.05) is 54.3 Å². The van der Waals surface area contributed by atoms with E-state index in [2.05, 4.69) is 56.1 Å². The lowest BCUT2D eigenvalue weighted by Gasteiger charge is -2.15.